The molecule has 24 heavy (non-hydrogen) atoms. The molecule has 0 bridgehead atoms. The summed E-state index contributed by atoms with van der Waals surface area (Å²) >= 11 is 0. The number of benzene rings is 2. The Labute approximate surface area is 139 Å². The molecule has 0 spiro atoms. The van der Waals surface area contributed by atoms with Crippen LogP contribution in [0, 0.1) is 6.92 Å². The SMILES string of the molecule is Cc1cccc(Nc2cc(Nc3ccccc3C(=O)O)ncn2)c1. The van der Waals surface area contributed by atoms with Crippen molar-refractivity contribution in [3.05, 3.63) is 72.1 Å². The molecule has 0 aliphatic rings. The Balaban J connectivity index is 1.82. The molecule has 3 N–H and O–H groups in total. The van der Waals surface area contributed by atoms with Gasteiger partial charge in [-0.05, 0) is 36.8 Å². The van der Waals surface area contributed by atoms with Crippen molar-refractivity contribution in [1.29, 1.82) is 0 Å². The molecule has 0 unspecified atom stereocenters. The Hall–Kier alpha value is -3.41. The molecule has 0 fully saturated rings. The number of aryl methyl sites for hydroxylation is 1. The van der Waals surface area contributed by atoms with E-state index in [1.165, 1.54) is 12.4 Å². The monoisotopic (exact) mass is 320 g/mol. The summed E-state index contributed by atoms with van der Waals surface area (Å²) in [5, 5.41) is 15.5. The van der Waals surface area contributed by atoms with Crippen LogP contribution in [0.15, 0.2) is 60.9 Å². The summed E-state index contributed by atoms with van der Waals surface area (Å²) in [5.74, 6) is 0.130. The van der Waals surface area contributed by atoms with Gasteiger partial charge < -0.3 is 15.7 Å². The van der Waals surface area contributed by atoms with Crippen molar-refractivity contribution in [3.8, 4) is 0 Å². The van der Waals surface area contributed by atoms with Gasteiger partial charge in [-0.3, -0.25) is 0 Å². The molecule has 0 radical (unpaired) electrons. The molecule has 0 aliphatic carbocycles. The Morgan fingerprint density at radius 2 is 1.71 bits per heavy atom. The number of hydrogen-bond acceptors (Lipinski definition) is 5. The lowest BCUT2D eigenvalue weighted by Crippen LogP contribution is -2.04. The van der Waals surface area contributed by atoms with Crippen LogP contribution in [0.3, 0.4) is 0 Å². The Morgan fingerprint density at radius 3 is 2.46 bits per heavy atom. The van der Waals surface area contributed by atoms with Gasteiger partial charge in [-0.1, -0.05) is 24.3 Å². The fourth-order valence-electron chi connectivity index (χ4n) is 2.28. The van der Waals surface area contributed by atoms with Gasteiger partial charge in [0.25, 0.3) is 0 Å². The van der Waals surface area contributed by atoms with Gasteiger partial charge >= 0.3 is 5.97 Å². The molecule has 0 amide bonds. The van der Waals surface area contributed by atoms with Crippen LogP contribution in [0.25, 0.3) is 0 Å². The van der Waals surface area contributed by atoms with E-state index >= 15 is 0 Å². The van der Waals surface area contributed by atoms with E-state index in [2.05, 4.69) is 20.6 Å². The zero-order valence-corrected chi connectivity index (χ0v) is 13.0. The third kappa shape index (κ3) is 3.67. The summed E-state index contributed by atoms with van der Waals surface area (Å²) in [4.78, 5) is 19.6. The van der Waals surface area contributed by atoms with E-state index in [0.717, 1.165) is 11.3 Å². The van der Waals surface area contributed by atoms with E-state index in [-0.39, 0.29) is 5.56 Å². The number of nitrogens with zero attached hydrogens (tertiary/aromatic N) is 2. The summed E-state index contributed by atoms with van der Waals surface area (Å²) in [6.07, 6.45) is 1.42. The first-order valence-corrected chi connectivity index (χ1v) is 7.37. The first-order chi connectivity index (χ1) is 11.6. The largest absolute Gasteiger partial charge is 0.478 e. The summed E-state index contributed by atoms with van der Waals surface area (Å²) < 4.78 is 0. The number of para-hydroxylation sites is 1. The predicted molar refractivity (Wildman–Crippen MR) is 93.2 cm³/mol. The number of carboxylic acid groups (broad SMARTS) is 1. The van der Waals surface area contributed by atoms with Gasteiger partial charge in [0.05, 0.1) is 11.3 Å². The second-order valence-electron chi connectivity index (χ2n) is 5.26. The van der Waals surface area contributed by atoms with Crippen molar-refractivity contribution < 1.29 is 9.90 Å². The molecule has 6 nitrogen and oxygen atoms in total. The minimum Gasteiger partial charge on any atom is -0.478 e. The highest BCUT2D eigenvalue weighted by atomic mass is 16.4. The second-order valence-corrected chi connectivity index (χ2v) is 5.26. The van der Waals surface area contributed by atoms with Gasteiger partial charge in [0, 0.05) is 11.8 Å². The maximum atomic E-state index is 11.3. The zero-order valence-electron chi connectivity index (χ0n) is 13.0. The standard InChI is InChI=1S/C18H16N4O2/c1-12-5-4-6-13(9-12)21-16-10-17(20-11-19-16)22-15-8-3-2-7-14(15)18(23)24/h2-11H,1H3,(H,23,24)(H2,19,20,21,22). The summed E-state index contributed by atoms with van der Waals surface area (Å²) in [5.41, 5.74) is 2.72. The van der Waals surface area contributed by atoms with E-state index in [1.807, 2.05) is 31.2 Å². The third-order valence-corrected chi connectivity index (χ3v) is 3.38. The van der Waals surface area contributed by atoms with E-state index in [1.54, 1.807) is 24.3 Å². The quantitative estimate of drug-likeness (QED) is 0.659. The number of aromatic nitrogens is 2. The topological polar surface area (TPSA) is 87.1 Å². The Kier molecular flexibility index (Phi) is 4.38. The Morgan fingerprint density at radius 1 is 0.958 bits per heavy atom. The molecular formula is C18H16N4O2. The van der Waals surface area contributed by atoms with Crippen LogP contribution >= 0.6 is 0 Å². The van der Waals surface area contributed by atoms with Crippen LogP contribution in [0.1, 0.15) is 15.9 Å². The highest BCUT2D eigenvalue weighted by Gasteiger charge is 2.10. The molecule has 0 aliphatic heterocycles. The maximum absolute atomic E-state index is 11.3. The number of nitrogens with one attached hydrogen (secondary N) is 2. The van der Waals surface area contributed by atoms with Crippen molar-refractivity contribution in [2.24, 2.45) is 0 Å². The highest BCUT2D eigenvalue weighted by Crippen LogP contribution is 2.22. The minimum absolute atomic E-state index is 0.185. The van der Waals surface area contributed by atoms with Crippen LogP contribution in [0.5, 0.6) is 0 Å². The maximum Gasteiger partial charge on any atom is 0.337 e. The smallest absolute Gasteiger partial charge is 0.337 e. The van der Waals surface area contributed by atoms with E-state index < -0.39 is 5.97 Å². The number of rotatable bonds is 5. The van der Waals surface area contributed by atoms with Crippen molar-refractivity contribution in [3.63, 3.8) is 0 Å². The summed E-state index contributed by atoms with van der Waals surface area (Å²) in [7, 11) is 0. The van der Waals surface area contributed by atoms with Crippen LogP contribution in [-0.2, 0) is 0 Å². The van der Waals surface area contributed by atoms with Gasteiger partial charge in [0.1, 0.15) is 18.0 Å². The van der Waals surface area contributed by atoms with Crippen LogP contribution in [0.4, 0.5) is 23.0 Å². The first kappa shape index (κ1) is 15.5. The number of anilines is 4. The molecule has 0 atom stereocenters. The lowest BCUT2D eigenvalue weighted by Gasteiger charge is -2.10. The van der Waals surface area contributed by atoms with Crippen molar-refractivity contribution in [2.45, 2.75) is 6.92 Å². The fourth-order valence-corrected chi connectivity index (χ4v) is 2.28. The lowest BCUT2D eigenvalue weighted by atomic mass is 10.2. The van der Waals surface area contributed by atoms with Gasteiger partial charge in [0.2, 0.25) is 0 Å². The van der Waals surface area contributed by atoms with Crippen LogP contribution in [-0.4, -0.2) is 21.0 Å². The number of aromatic carboxylic acids is 1. The van der Waals surface area contributed by atoms with E-state index in [0.29, 0.717) is 17.3 Å². The van der Waals surface area contributed by atoms with Gasteiger partial charge in [-0.15, -0.1) is 0 Å². The van der Waals surface area contributed by atoms with Crippen molar-refractivity contribution in [1.82, 2.24) is 9.97 Å². The average Bonchev–Trinajstić information content (AvgIpc) is 2.55. The molecule has 0 saturated carbocycles. The molecule has 3 rings (SSSR count). The molecule has 1 aromatic heterocycles. The van der Waals surface area contributed by atoms with Crippen molar-refractivity contribution >= 4 is 29.0 Å². The van der Waals surface area contributed by atoms with Gasteiger partial charge in [0.15, 0.2) is 0 Å². The summed E-state index contributed by atoms with van der Waals surface area (Å²) in [6.45, 7) is 2.01. The first-order valence-electron chi connectivity index (χ1n) is 7.37. The average molecular weight is 320 g/mol. The van der Waals surface area contributed by atoms with Gasteiger partial charge in [-0.2, -0.15) is 0 Å². The Bertz CT molecular complexity index is 880. The number of carboxylic acids is 1. The number of carbonyl (C=O) groups is 1. The lowest BCUT2D eigenvalue weighted by molar-refractivity contribution is 0.0698. The molecular weight excluding hydrogens is 304 g/mol. The zero-order chi connectivity index (χ0) is 16.9. The minimum atomic E-state index is -0.995. The second kappa shape index (κ2) is 6.78. The van der Waals surface area contributed by atoms with E-state index in [9.17, 15) is 9.90 Å². The van der Waals surface area contributed by atoms with E-state index in [4.69, 9.17) is 0 Å². The van der Waals surface area contributed by atoms with Crippen LogP contribution in [0.2, 0.25) is 0 Å². The molecule has 3 aromatic rings. The highest BCUT2D eigenvalue weighted by molar-refractivity contribution is 5.95. The molecule has 2 aromatic carbocycles. The van der Waals surface area contributed by atoms with Crippen LogP contribution < -0.4 is 10.6 Å². The number of hydrogen-bond donors (Lipinski definition) is 3. The summed E-state index contributed by atoms with van der Waals surface area (Å²) in [6, 6.07) is 16.3. The predicted octanol–water partition coefficient (Wildman–Crippen LogP) is 3.97. The third-order valence-electron chi connectivity index (χ3n) is 3.38. The normalized spacial score (nSPS) is 10.2. The molecule has 1 heterocycles. The fraction of sp³-hybridized carbons (Fsp3) is 0.0556. The van der Waals surface area contributed by atoms with Crippen molar-refractivity contribution in [2.75, 3.05) is 10.6 Å². The molecule has 0 saturated heterocycles. The van der Waals surface area contributed by atoms with Gasteiger partial charge in [-0.25, -0.2) is 14.8 Å². The molecule has 120 valence electrons. The molecule has 6 heteroatoms.